The lowest BCUT2D eigenvalue weighted by molar-refractivity contribution is 0.102. The van der Waals surface area contributed by atoms with Crippen molar-refractivity contribution < 1.29 is 4.79 Å². The van der Waals surface area contributed by atoms with Gasteiger partial charge in [0, 0.05) is 30.2 Å². The first-order chi connectivity index (χ1) is 12.2. The van der Waals surface area contributed by atoms with Crippen LogP contribution in [0.3, 0.4) is 0 Å². The molecule has 5 heteroatoms. The Hall–Kier alpha value is -2.30. The van der Waals surface area contributed by atoms with Crippen molar-refractivity contribution in [2.24, 2.45) is 0 Å². The Labute approximate surface area is 156 Å². The van der Waals surface area contributed by atoms with Crippen LogP contribution in [-0.4, -0.2) is 28.8 Å². The molecule has 3 rings (SSSR count). The molecule has 0 aliphatic carbocycles. The molecule has 1 amide bonds. The van der Waals surface area contributed by atoms with Crippen LogP contribution in [0.4, 0.5) is 11.4 Å². The van der Waals surface area contributed by atoms with Crippen LogP contribution in [0, 0.1) is 0 Å². The molecule has 0 saturated heterocycles. The third kappa shape index (κ3) is 3.48. The Balaban J connectivity index is 1.85. The molecule has 5 nitrogen and oxygen atoms in total. The van der Waals surface area contributed by atoms with Gasteiger partial charge in [0.15, 0.2) is 5.69 Å². The van der Waals surface area contributed by atoms with E-state index in [0.717, 1.165) is 30.9 Å². The molecule has 0 fully saturated rings. The second-order valence-corrected chi connectivity index (χ2v) is 8.32. The molecule has 1 aliphatic rings. The van der Waals surface area contributed by atoms with Crippen molar-refractivity contribution in [3.63, 3.8) is 0 Å². The maximum absolute atomic E-state index is 12.8. The number of fused-ring (bicyclic) bond motifs is 1. The molecule has 2 aromatic rings. The van der Waals surface area contributed by atoms with Crippen molar-refractivity contribution in [3.05, 3.63) is 41.2 Å². The monoisotopic (exact) mass is 354 g/mol. The zero-order chi connectivity index (χ0) is 19.1. The van der Waals surface area contributed by atoms with E-state index >= 15 is 0 Å². The maximum Gasteiger partial charge on any atom is 0.276 e. The van der Waals surface area contributed by atoms with Crippen molar-refractivity contribution in [3.8, 4) is 0 Å². The summed E-state index contributed by atoms with van der Waals surface area (Å²) in [6, 6.07) is 8.10. The third-order valence-corrected chi connectivity index (χ3v) is 4.91. The number of anilines is 2. The van der Waals surface area contributed by atoms with Crippen molar-refractivity contribution in [1.29, 1.82) is 0 Å². The number of nitrogens with one attached hydrogen (secondary N) is 1. The van der Waals surface area contributed by atoms with Crippen LogP contribution in [0.1, 0.15) is 69.2 Å². The topological polar surface area (TPSA) is 50.2 Å². The first-order valence-electron chi connectivity index (χ1n) is 9.50. The number of benzene rings is 1. The quantitative estimate of drug-likeness (QED) is 0.885. The summed E-state index contributed by atoms with van der Waals surface area (Å²) in [6.07, 6.45) is 1.07. The molecule has 0 bridgehead atoms. The molecule has 0 radical (unpaired) electrons. The molecular weight excluding hydrogens is 324 g/mol. The standard InChI is InChI=1S/C21H30N4O/c1-7-24-11-10-15-8-9-16(12-19(15)24)22-20(26)17-13-18(14(2)3)25(23-17)21(4,5)6/h8-9,12-14H,7,10-11H2,1-6H3,(H,22,26). The number of aromatic nitrogens is 2. The van der Waals surface area contributed by atoms with E-state index in [4.69, 9.17) is 0 Å². The molecule has 0 spiro atoms. The summed E-state index contributed by atoms with van der Waals surface area (Å²) in [6.45, 7) is 14.8. The third-order valence-electron chi connectivity index (χ3n) is 4.91. The van der Waals surface area contributed by atoms with Crippen molar-refractivity contribution in [2.45, 2.75) is 59.4 Å². The fraction of sp³-hybridized carbons (Fsp3) is 0.524. The maximum atomic E-state index is 12.8. The van der Waals surface area contributed by atoms with E-state index in [9.17, 15) is 4.79 Å². The van der Waals surface area contributed by atoms with E-state index in [0.29, 0.717) is 11.6 Å². The Morgan fingerprint density at radius 1 is 1.27 bits per heavy atom. The second kappa shape index (κ2) is 6.78. The van der Waals surface area contributed by atoms with Crippen LogP contribution in [0.5, 0.6) is 0 Å². The molecule has 1 N–H and O–H groups in total. The lowest BCUT2D eigenvalue weighted by atomic mass is 10.1. The fourth-order valence-electron chi connectivity index (χ4n) is 3.50. The highest BCUT2D eigenvalue weighted by Gasteiger charge is 2.24. The van der Waals surface area contributed by atoms with E-state index in [2.05, 4.69) is 69.0 Å². The number of likely N-dealkylation sites (N-methyl/N-ethyl adjacent to an activating group) is 1. The van der Waals surface area contributed by atoms with Gasteiger partial charge >= 0.3 is 0 Å². The predicted octanol–water partition coefficient (Wildman–Crippen LogP) is 4.40. The fourth-order valence-corrected chi connectivity index (χ4v) is 3.50. The first kappa shape index (κ1) is 18.5. The van der Waals surface area contributed by atoms with Gasteiger partial charge in [0.1, 0.15) is 0 Å². The number of carbonyl (C=O) groups excluding carboxylic acids is 1. The van der Waals surface area contributed by atoms with Crippen molar-refractivity contribution >= 4 is 17.3 Å². The molecular formula is C21H30N4O. The highest BCUT2D eigenvalue weighted by molar-refractivity contribution is 6.03. The van der Waals surface area contributed by atoms with Crippen LogP contribution >= 0.6 is 0 Å². The van der Waals surface area contributed by atoms with Gasteiger partial charge in [0.2, 0.25) is 0 Å². The normalized spacial score (nSPS) is 14.0. The summed E-state index contributed by atoms with van der Waals surface area (Å²) < 4.78 is 1.97. The van der Waals surface area contributed by atoms with Crippen LogP contribution in [-0.2, 0) is 12.0 Å². The highest BCUT2D eigenvalue weighted by Crippen LogP contribution is 2.31. The first-order valence-corrected chi connectivity index (χ1v) is 9.50. The molecule has 2 heterocycles. The predicted molar refractivity (Wildman–Crippen MR) is 107 cm³/mol. The van der Waals surface area contributed by atoms with Gasteiger partial charge in [-0.3, -0.25) is 9.48 Å². The van der Waals surface area contributed by atoms with Gasteiger partial charge < -0.3 is 10.2 Å². The average Bonchev–Trinajstić information content (AvgIpc) is 3.18. The molecule has 0 saturated carbocycles. The Morgan fingerprint density at radius 2 is 2.00 bits per heavy atom. The van der Waals surface area contributed by atoms with Gasteiger partial charge in [0.25, 0.3) is 5.91 Å². The summed E-state index contributed by atoms with van der Waals surface area (Å²) in [5.41, 5.74) is 4.79. The SMILES string of the molecule is CCN1CCc2ccc(NC(=O)c3cc(C(C)C)n(C(C)(C)C)n3)cc21. The van der Waals surface area contributed by atoms with Gasteiger partial charge in [-0.25, -0.2) is 0 Å². The van der Waals surface area contributed by atoms with E-state index in [1.165, 1.54) is 11.3 Å². The lowest BCUT2D eigenvalue weighted by Gasteiger charge is -2.23. The van der Waals surface area contributed by atoms with Gasteiger partial charge in [0.05, 0.1) is 5.54 Å². The van der Waals surface area contributed by atoms with Crippen LogP contribution in [0.25, 0.3) is 0 Å². The Kier molecular flexibility index (Phi) is 4.82. The van der Waals surface area contributed by atoms with Crippen LogP contribution in [0.15, 0.2) is 24.3 Å². The lowest BCUT2D eigenvalue weighted by Crippen LogP contribution is -2.26. The van der Waals surface area contributed by atoms with E-state index in [1.807, 2.05) is 16.8 Å². The van der Waals surface area contributed by atoms with E-state index in [-0.39, 0.29) is 11.4 Å². The number of nitrogens with zero attached hydrogens (tertiary/aromatic N) is 3. The summed E-state index contributed by atoms with van der Waals surface area (Å²) in [5, 5.41) is 7.62. The minimum absolute atomic E-state index is 0.157. The van der Waals surface area contributed by atoms with E-state index < -0.39 is 0 Å². The molecule has 0 atom stereocenters. The minimum atomic E-state index is -0.159. The van der Waals surface area contributed by atoms with Gasteiger partial charge in [-0.15, -0.1) is 0 Å². The summed E-state index contributed by atoms with van der Waals surface area (Å²) in [5.74, 6) is 0.150. The molecule has 26 heavy (non-hydrogen) atoms. The summed E-state index contributed by atoms with van der Waals surface area (Å²) >= 11 is 0. The Bertz CT molecular complexity index is 814. The zero-order valence-corrected chi connectivity index (χ0v) is 16.8. The molecule has 1 aromatic carbocycles. The smallest absolute Gasteiger partial charge is 0.276 e. The minimum Gasteiger partial charge on any atom is -0.371 e. The second-order valence-electron chi connectivity index (χ2n) is 8.32. The zero-order valence-electron chi connectivity index (χ0n) is 16.8. The van der Waals surface area contributed by atoms with Crippen LogP contribution < -0.4 is 10.2 Å². The number of rotatable bonds is 4. The summed E-state index contributed by atoms with van der Waals surface area (Å²) in [7, 11) is 0. The Morgan fingerprint density at radius 3 is 2.58 bits per heavy atom. The average molecular weight is 354 g/mol. The molecule has 1 aromatic heterocycles. The summed E-state index contributed by atoms with van der Waals surface area (Å²) in [4.78, 5) is 15.1. The number of carbonyl (C=O) groups is 1. The van der Waals surface area contributed by atoms with Gasteiger partial charge in [-0.05, 0) is 63.8 Å². The van der Waals surface area contributed by atoms with Crippen LogP contribution in [0.2, 0.25) is 0 Å². The molecule has 140 valence electrons. The van der Waals surface area contributed by atoms with Gasteiger partial charge in [-0.2, -0.15) is 5.10 Å². The van der Waals surface area contributed by atoms with Crippen molar-refractivity contribution in [1.82, 2.24) is 9.78 Å². The number of hydrogen-bond donors (Lipinski definition) is 1. The number of amides is 1. The van der Waals surface area contributed by atoms with Gasteiger partial charge in [-0.1, -0.05) is 19.9 Å². The highest BCUT2D eigenvalue weighted by atomic mass is 16.2. The molecule has 0 unspecified atom stereocenters. The number of hydrogen-bond acceptors (Lipinski definition) is 3. The molecule has 1 aliphatic heterocycles. The van der Waals surface area contributed by atoms with E-state index in [1.54, 1.807) is 0 Å². The van der Waals surface area contributed by atoms with Crippen molar-refractivity contribution in [2.75, 3.05) is 23.3 Å². The largest absolute Gasteiger partial charge is 0.371 e.